The maximum atomic E-state index is 12.9. The summed E-state index contributed by atoms with van der Waals surface area (Å²) < 4.78 is 0. The molecule has 0 aliphatic heterocycles. The summed E-state index contributed by atoms with van der Waals surface area (Å²) in [5.41, 5.74) is 0.728. The number of nitrogens with one attached hydrogen (secondary N) is 1. The first-order chi connectivity index (χ1) is 10.7. The number of unbranched alkanes of at least 4 members (excludes halogenated alkanes) is 1. The van der Waals surface area contributed by atoms with Crippen LogP contribution in [0.2, 0.25) is 0 Å². The van der Waals surface area contributed by atoms with Crippen molar-refractivity contribution < 1.29 is 4.79 Å². The standard InChI is InChI=1S/C19H24N2O/c1-3-4-13-21(15(2)11-12-20)19(22)18-10-9-16-7-5-6-8-17(16)14-18/h5-10,12,14-15,20H,3-4,11,13H2,1-2H3/t15-/m0/s1. The zero-order valence-electron chi connectivity index (χ0n) is 13.4. The molecular formula is C19H24N2O. The minimum absolute atomic E-state index is 0.0584. The second-order valence-electron chi connectivity index (χ2n) is 5.70. The molecule has 3 heteroatoms. The topological polar surface area (TPSA) is 44.2 Å². The fourth-order valence-corrected chi connectivity index (χ4v) is 2.64. The number of rotatable bonds is 7. The maximum absolute atomic E-state index is 12.9. The maximum Gasteiger partial charge on any atom is 0.254 e. The average Bonchev–Trinajstić information content (AvgIpc) is 2.54. The molecule has 1 atom stereocenters. The van der Waals surface area contributed by atoms with Crippen molar-refractivity contribution in [3.8, 4) is 0 Å². The van der Waals surface area contributed by atoms with Crippen molar-refractivity contribution in [1.82, 2.24) is 4.90 Å². The molecule has 0 spiro atoms. The van der Waals surface area contributed by atoms with Crippen molar-refractivity contribution in [3.05, 3.63) is 48.0 Å². The van der Waals surface area contributed by atoms with Crippen LogP contribution >= 0.6 is 0 Å². The van der Waals surface area contributed by atoms with Gasteiger partial charge in [-0.15, -0.1) is 0 Å². The molecule has 0 aromatic heterocycles. The Morgan fingerprint density at radius 1 is 1.23 bits per heavy atom. The third-order valence-electron chi connectivity index (χ3n) is 4.00. The Morgan fingerprint density at radius 3 is 2.64 bits per heavy atom. The molecule has 1 N–H and O–H groups in total. The largest absolute Gasteiger partial charge is 0.336 e. The van der Waals surface area contributed by atoms with Crippen LogP contribution in [-0.2, 0) is 0 Å². The highest BCUT2D eigenvalue weighted by Gasteiger charge is 2.20. The number of fused-ring (bicyclic) bond motifs is 1. The van der Waals surface area contributed by atoms with E-state index in [4.69, 9.17) is 5.41 Å². The molecule has 0 unspecified atom stereocenters. The second kappa shape index (κ2) is 7.74. The lowest BCUT2D eigenvalue weighted by Crippen LogP contribution is -2.39. The van der Waals surface area contributed by atoms with E-state index in [1.54, 1.807) is 0 Å². The Hall–Kier alpha value is -2.16. The van der Waals surface area contributed by atoms with Gasteiger partial charge in [0.05, 0.1) is 0 Å². The lowest BCUT2D eigenvalue weighted by Gasteiger charge is -2.28. The monoisotopic (exact) mass is 296 g/mol. The van der Waals surface area contributed by atoms with E-state index in [2.05, 4.69) is 13.0 Å². The summed E-state index contributed by atoms with van der Waals surface area (Å²) in [4.78, 5) is 14.8. The van der Waals surface area contributed by atoms with Crippen molar-refractivity contribution in [2.45, 2.75) is 39.2 Å². The Morgan fingerprint density at radius 2 is 1.95 bits per heavy atom. The molecule has 22 heavy (non-hydrogen) atoms. The normalized spacial score (nSPS) is 12.1. The number of amides is 1. The number of benzene rings is 2. The van der Waals surface area contributed by atoms with Crippen molar-refractivity contribution in [1.29, 1.82) is 5.41 Å². The third kappa shape index (κ3) is 3.73. The molecule has 0 heterocycles. The van der Waals surface area contributed by atoms with Gasteiger partial charge in [0.1, 0.15) is 0 Å². The quantitative estimate of drug-likeness (QED) is 0.751. The van der Waals surface area contributed by atoms with Crippen molar-refractivity contribution >= 4 is 22.9 Å². The van der Waals surface area contributed by atoms with Gasteiger partial charge in [0.15, 0.2) is 0 Å². The zero-order valence-corrected chi connectivity index (χ0v) is 13.4. The molecule has 0 radical (unpaired) electrons. The van der Waals surface area contributed by atoms with E-state index in [1.807, 2.05) is 48.2 Å². The van der Waals surface area contributed by atoms with Gasteiger partial charge in [-0.2, -0.15) is 0 Å². The predicted molar refractivity (Wildman–Crippen MR) is 92.8 cm³/mol. The molecule has 0 saturated carbocycles. The van der Waals surface area contributed by atoms with Crippen LogP contribution in [0.15, 0.2) is 42.5 Å². The molecule has 2 aromatic rings. The number of carbonyl (C=O) groups excluding carboxylic acids is 1. The molecule has 2 aromatic carbocycles. The van der Waals surface area contributed by atoms with Gasteiger partial charge in [0.25, 0.3) is 5.91 Å². The van der Waals surface area contributed by atoms with Crippen LogP contribution < -0.4 is 0 Å². The molecule has 3 nitrogen and oxygen atoms in total. The molecule has 1 amide bonds. The first kappa shape index (κ1) is 16.2. The van der Waals surface area contributed by atoms with E-state index in [0.29, 0.717) is 6.42 Å². The molecule has 0 bridgehead atoms. The Bertz CT molecular complexity index is 651. The Labute approximate surface area is 132 Å². The highest BCUT2D eigenvalue weighted by Crippen LogP contribution is 2.18. The first-order valence-electron chi connectivity index (χ1n) is 7.96. The van der Waals surface area contributed by atoms with Crippen molar-refractivity contribution in [2.75, 3.05) is 6.54 Å². The molecular weight excluding hydrogens is 272 g/mol. The lowest BCUT2D eigenvalue weighted by atomic mass is 10.0. The molecule has 0 aliphatic carbocycles. The van der Waals surface area contributed by atoms with Gasteiger partial charge in [-0.05, 0) is 42.5 Å². The Balaban J connectivity index is 2.28. The van der Waals surface area contributed by atoms with Gasteiger partial charge in [-0.3, -0.25) is 4.79 Å². The number of nitrogens with zero attached hydrogens (tertiary/aromatic N) is 1. The van der Waals surface area contributed by atoms with E-state index < -0.39 is 0 Å². The van der Waals surface area contributed by atoms with Crippen molar-refractivity contribution in [2.24, 2.45) is 0 Å². The summed E-state index contributed by atoms with van der Waals surface area (Å²) >= 11 is 0. The molecule has 2 rings (SSSR count). The van der Waals surface area contributed by atoms with E-state index in [-0.39, 0.29) is 11.9 Å². The smallest absolute Gasteiger partial charge is 0.254 e. The minimum atomic E-state index is 0.0584. The number of hydrogen-bond donors (Lipinski definition) is 1. The number of hydrogen-bond acceptors (Lipinski definition) is 2. The van der Waals surface area contributed by atoms with E-state index in [9.17, 15) is 4.79 Å². The summed E-state index contributed by atoms with van der Waals surface area (Å²) in [7, 11) is 0. The second-order valence-corrected chi connectivity index (χ2v) is 5.70. The fourth-order valence-electron chi connectivity index (χ4n) is 2.64. The van der Waals surface area contributed by atoms with Crippen LogP contribution in [0.5, 0.6) is 0 Å². The molecule has 0 fully saturated rings. The minimum Gasteiger partial charge on any atom is -0.336 e. The van der Waals surface area contributed by atoms with Crippen LogP contribution in [0.1, 0.15) is 43.5 Å². The summed E-state index contributed by atoms with van der Waals surface area (Å²) in [6.07, 6.45) is 4.03. The zero-order chi connectivity index (χ0) is 15.9. The van der Waals surface area contributed by atoms with E-state index >= 15 is 0 Å². The van der Waals surface area contributed by atoms with E-state index in [1.165, 1.54) is 6.21 Å². The fraction of sp³-hybridized carbons (Fsp3) is 0.368. The molecule has 0 saturated heterocycles. The van der Waals surface area contributed by atoms with Crippen LogP contribution in [0.4, 0.5) is 0 Å². The average molecular weight is 296 g/mol. The van der Waals surface area contributed by atoms with Crippen LogP contribution in [0, 0.1) is 5.41 Å². The Kier molecular flexibility index (Phi) is 5.70. The van der Waals surface area contributed by atoms with Gasteiger partial charge >= 0.3 is 0 Å². The third-order valence-corrected chi connectivity index (χ3v) is 4.00. The van der Waals surface area contributed by atoms with Gasteiger partial charge in [0, 0.05) is 24.6 Å². The SMILES string of the molecule is CCCCN(C(=O)c1ccc2ccccc2c1)[C@@H](C)CC=N. The van der Waals surface area contributed by atoms with Gasteiger partial charge in [0.2, 0.25) is 0 Å². The molecule has 116 valence electrons. The lowest BCUT2D eigenvalue weighted by molar-refractivity contribution is 0.0695. The van der Waals surface area contributed by atoms with Crippen LogP contribution in [0.25, 0.3) is 10.8 Å². The van der Waals surface area contributed by atoms with Gasteiger partial charge < -0.3 is 10.3 Å². The summed E-state index contributed by atoms with van der Waals surface area (Å²) in [5.74, 6) is 0.0635. The summed E-state index contributed by atoms with van der Waals surface area (Å²) in [6.45, 7) is 4.89. The summed E-state index contributed by atoms with van der Waals surface area (Å²) in [6, 6.07) is 14.0. The first-order valence-corrected chi connectivity index (χ1v) is 7.96. The summed E-state index contributed by atoms with van der Waals surface area (Å²) in [5, 5.41) is 9.53. The van der Waals surface area contributed by atoms with Gasteiger partial charge in [-0.25, -0.2) is 0 Å². The number of carbonyl (C=O) groups is 1. The van der Waals surface area contributed by atoms with Crippen LogP contribution in [-0.4, -0.2) is 29.6 Å². The highest BCUT2D eigenvalue weighted by molar-refractivity contribution is 5.98. The van der Waals surface area contributed by atoms with Gasteiger partial charge in [-0.1, -0.05) is 43.7 Å². The van der Waals surface area contributed by atoms with Crippen molar-refractivity contribution in [3.63, 3.8) is 0 Å². The van der Waals surface area contributed by atoms with Crippen LogP contribution in [0.3, 0.4) is 0 Å². The van der Waals surface area contributed by atoms with E-state index in [0.717, 1.165) is 35.7 Å². The highest BCUT2D eigenvalue weighted by atomic mass is 16.2. The predicted octanol–water partition coefficient (Wildman–Crippen LogP) is 4.51. The molecule has 0 aliphatic rings.